The molecule has 0 saturated carbocycles. The van der Waals surface area contributed by atoms with E-state index in [9.17, 15) is 4.39 Å². The number of hydrogen-bond donors (Lipinski definition) is 2. The van der Waals surface area contributed by atoms with Crippen molar-refractivity contribution in [2.24, 2.45) is 0 Å². The van der Waals surface area contributed by atoms with E-state index < -0.39 is 6.08 Å². The molecule has 2 rings (SSSR count). The highest BCUT2D eigenvalue weighted by Gasteiger charge is 2.08. The molecule has 6 heteroatoms. The molecule has 0 fully saturated rings. The second-order valence-corrected chi connectivity index (χ2v) is 3.60. The molecule has 0 aliphatic carbocycles. The summed E-state index contributed by atoms with van der Waals surface area (Å²) in [4.78, 5) is 14.0. The molecule has 0 unspecified atom stereocenters. The van der Waals surface area contributed by atoms with Crippen molar-refractivity contribution < 1.29 is 4.39 Å². The highest BCUT2D eigenvalue weighted by Crippen LogP contribution is 2.15. The van der Waals surface area contributed by atoms with Crippen molar-refractivity contribution in [3.8, 4) is 0 Å². The molecule has 0 spiro atoms. The lowest BCUT2D eigenvalue weighted by Crippen LogP contribution is -2.04. The average Bonchev–Trinajstić information content (AvgIpc) is 2.64. The molecule has 0 saturated heterocycles. The molecule has 2 aromatic rings. The minimum Gasteiger partial charge on any atom is -0.365 e. The third kappa shape index (κ3) is 2.16. The highest BCUT2D eigenvalue weighted by molar-refractivity contribution is 5.82. The van der Waals surface area contributed by atoms with E-state index in [2.05, 4.69) is 25.3 Å². The SMILES string of the molecule is CC(C)=CCNc1nc(F)nc2nc[nH]c12. The van der Waals surface area contributed by atoms with Gasteiger partial charge in [0.1, 0.15) is 5.52 Å². The molecule has 2 N–H and O–H groups in total. The summed E-state index contributed by atoms with van der Waals surface area (Å²) in [6, 6.07) is 0. The predicted molar refractivity (Wildman–Crippen MR) is 59.6 cm³/mol. The number of aromatic amines is 1. The maximum Gasteiger partial charge on any atom is 0.312 e. The Labute approximate surface area is 91.8 Å². The molecule has 16 heavy (non-hydrogen) atoms. The molecule has 0 radical (unpaired) electrons. The van der Waals surface area contributed by atoms with Crippen LogP contribution in [0.5, 0.6) is 0 Å². The largest absolute Gasteiger partial charge is 0.365 e. The molecule has 0 bridgehead atoms. The van der Waals surface area contributed by atoms with E-state index in [0.717, 1.165) is 0 Å². The van der Waals surface area contributed by atoms with Crippen molar-refractivity contribution in [1.82, 2.24) is 19.9 Å². The van der Waals surface area contributed by atoms with Crippen molar-refractivity contribution >= 4 is 17.0 Å². The molecule has 0 atom stereocenters. The van der Waals surface area contributed by atoms with Crippen LogP contribution in [0.3, 0.4) is 0 Å². The molecule has 0 amide bonds. The van der Waals surface area contributed by atoms with E-state index in [4.69, 9.17) is 0 Å². The number of nitrogens with zero attached hydrogens (tertiary/aromatic N) is 3. The Balaban J connectivity index is 2.28. The Bertz CT molecular complexity index is 527. The highest BCUT2D eigenvalue weighted by atomic mass is 19.1. The lowest BCUT2D eigenvalue weighted by atomic mass is 10.3. The van der Waals surface area contributed by atoms with Gasteiger partial charge in [-0.1, -0.05) is 11.6 Å². The van der Waals surface area contributed by atoms with Gasteiger partial charge in [0.2, 0.25) is 0 Å². The van der Waals surface area contributed by atoms with Crippen LogP contribution in [0.2, 0.25) is 0 Å². The fourth-order valence-electron chi connectivity index (χ4n) is 1.29. The molecule has 0 aromatic carbocycles. The minimum absolute atomic E-state index is 0.326. The number of fused-ring (bicyclic) bond motifs is 1. The molecular weight excluding hydrogens is 209 g/mol. The van der Waals surface area contributed by atoms with Gasteiger partial charge in [-0.25, -0.2) is 4.98 Å². The Morgan fingerprint density at radius 2 is 2.31 bits per heavy atom. The fourth-order valence-corrected chi connectivity index (χ4v) is 1.29. The smallest absolute Gasteiger partial charge is 0.312 e. The number of halogens is 1. The van der Waals surface area contributed by atoms with E-state index >= 15 is 0 Å². The first kappa shape index (κ1) is 10.5. The zero-order valence-electron chi connectivity index (χ0n) is 9.08. The summed E-state index contributed by atoms with van der Waals surface area (Å²) in [5, 5.41) is 3.01. The Hall–Kier alpha value is -1.98. The van der Waals surface area contributed by atoms with Crippen molar-refractivity contribution in [2.75, 3.05) is 11.9 Å². The Kier molecular flexibility index (Phi) is 2.80. The topological polar surface area (TPSA) is 66.5 Å². The number of aromatic nitrogens is 4. The van der Waals surface area contributed by atoms with Crippen LogP contribution in [-0.4, -0.2) is 26.5 Å². The lowest BCUT2D eigenvalue weighted by molar-refractivity contribution is 0.545. The van der Waals surface area contributed by atoms with Crippen LogP contribution >= 0.6 is 0 Å². The van der Waals surface area contributed by atoms with Crippen molar-refractivity contribution in [2.45, 2.75) is 13.8 Å². The van der Waals surface area contributed by atoms with Gasteiger partial charge in [0.15, 0.2) is 11.5 Å². The Morgan fingerprint density at radius 1 is 1.50 bits per heavy atom. The number of rotatable bonds is 3. The predicted octanol–water partition coefficient (Wildman–Crippen LogP) is 1.87. The van der Waals surface area contributed by atoms with E-state index in [1.54, 1.807) is 0 Å². The van der Waals surface area contributed by atoms with E-state index in [-0.39, 0.29) is 0 Å². The maximum atomic E-state index is 13.0. The third-order valence-electron chi connectivity index (χ3n) is 2.04. The quantitative estimate of drug-likeness (QED) is 0.613. The summed E-state index contributed by atoms with van der Waals surface area (Å²) >= 11 is 0. The van der Waals surface area contributed by atoms with E-state index in [1.807, 2.05) is 19.9 Å². The van der Waals surface area contributed by atoms with Gasteiger partial charge in [-0.15, -0.1) is 0 Å². The maximum absolute atomic E-state index is 13.0. The van der Waals surface area contributed by atoms with Crippen LogP contribution in [0.1, 0.15) is 13.8 Å². The molecule has 0 aliphatic heterocycles. The monoisotopic (exact) mass is 221 g/mol. The zero-order chi connectivity index (χ0) is 11.5. The molecule has 0 aliphatic rings. The van der Waals surface area contributed by atoms with Gasteiger partial charge in [0, 0.05) is 6.54 Å². The first-order valence-electron chi connectivity index (χ1n) is 4.90. The number of H-pyrrole nitrogens is 1. The number of anilines is 1. The second kappa shape index (κ2) is 4.26. The molecule has 2 aromatic heterocycles. The standard InChI is InChI=1S/C10H12FN5/c1-6(2)3-4-12-8-7-9(14-5-13-7)16-10(11)15-8/h3,5H,4H2,1-2H3,(H2,12,13,14,15,16). The lowest BCUT2D eigenvalue weighted by Gasteiger charge is -2.03. The van der Waals surface area contributed by atoms with Crippen LogP contribution in [0.15, 0.2) is 18.0 Å². The van der Waals surface area contributed by atoms with Gasteiger partial charge in [-0.3, -0.25) is 0 Å². The molecule has 84 valence electrons. The normalized spacial score (nSPS) is 10.4. The van der Waals surface area contributed by atoms with Crippen molar-refractivity contribution in [3.63, 3.8) is 0 Å². The summed E-state index contributed by atoms with van der Waals surface area (Å²) < 4.78 is 13.0. The van der Waals surface area contributed by atoms with Crippen molar-refractivity contribution in [1.29, 1.82) is 0 Å². The van der Waals surface area contributed by atoms with E-state index in [1.165, 1.54) is 11.9 Å². The second-order valence-electron chi connectivity index (χ2n) is 3.60. The molecule has 2 heterocycles. The zero-order valence-corrected chi connectivity index (χ0v) is 9.08. The summed E-state index contributed by atoms with van der Waals surface area (Å²) in [6.45, 7) is 4.58. The number of hydrogen-bond acceptors (Lipinski definition) is 4. The molecule has 5 nitrogen and oxygen atoms in total. The van der Waals surface area contributed by atoms with Crippen LogP contribution < -0.4 is 5.32 Å². The third-order valence-corrected chi connectivity index (χ3v) is 2.04. The first-order valence-corrected chi connectivity index (χ1v) is 4.90. The van der Waals surface area contributed by atoms with Gasteiger partial charge in [-0.05, 0) is 13.8 Å². The fraction of sp³-hybridized carbons (Fsp3) is 0.300. The average molecular weight is 221 g/mol. The van der Waals surface area contributed by atoms with Gasteiger partial charge in [0.25, 0.3) is 0 Å². The van der Waals surface area contributed by atoms with E-state index in [0.29, 0.717) is 23.5 Å². The minimum atomic E-state index is -0.778. The number of imidazole rings is 1. The van der Waals surface area contributed by atoms with Crippen LogP contribution in [0, 0.1) is 6.08 Å². The van der Waals surface area contributed by atoms with Gasteiger partial charge in [0.05, 0.1) is 6.33 Å². The first-order chi connectivity index (χ1) is 7.66. The van der Waals surface area contributed by atoms with Crippen LogP contribution in [0.4, 0.5) is 10.2 Å². The van der Waals surface area contributed by atoms with Crippen LogP contribution in [0.25, 0.3) is 11.2 Å². The van der Waals surface area contributed by atoms with Crippen molar-refractivity contribution in [3.05, 3.63) is 24.1 Å². The Morgan fingerprint density at radius 3 is 3.06 bits per heavy atom. The number of allylic oxidation sites excluding steroid dienone is 1. The number of nitrogens with one attached hydrogen (secondary N) is 2. The summed E-state index contributed by atoms with van der Waals surface area (Å²) in [7, 11) is 0. The summed E-state index contributed by atoms with van der Waals surface area (Å²) in [6.07, 6.45) is 2.67. The van der Waals surface area contributed by atoms with Gasteiger partial charge < -0.3 is 10.3 Å². The summed E-state index contributed by atoms with van der Waals surface area (Å²) in [5.41, 5.74) is 2.12. The van der Waals surface area contributed by atoms with Crippen LogP contribution in [-0.2, 0) is 0 Å². The molecular formula is C10H12FN5. The van der Waals surface area contributed by atoms with Gasteiger partial charge in [-0.2, -0.15) is 14.4 Å². The van der Waals surface area contributed by atoms with Gasteiger partial charge >= 0.3 is 6.08 Å². The summed E-state index contributed by atoms with van der Waals surface area (Å²) in [5.74, 6) is 0.428.